The lowest BCUT2D eigenvalue weighted by Gasteiger charge is -2.20. The highest BCUT2D eigenvalue weighted by atomic mass is 16.2. The second kappa shape index (κ2) is 6.02. The summed E-state index contributed by atoms with van der Waals surface area (Å²) < 4.78 is 0. The minimum atomic E-state index is 0.0832. The van der Waals surface area contributed by atoms with Gasteiger partial charge in [-0.05, 0) is 39.6 Å². The van der Waals surface area contributed by atoms with E-state index in [1.807, 2.05) is 24.0 Å². The molecular weight excluding hydrogens is 240 g/mol. The van der Waals surface area contributed by atoms with E-state index >= 15 is 0 Å². The molecule has 0 saturated carbocycles. The van der Waals surface area contributed by atoms with E-state index in [4.69, 9.17) is 0 Å². The number of hydrogen-bond donors (Lipinski definition) is 1. The second-order valence-corrected chi connectivity index (χ2v) is 5.12. The first-order chi connectivity index (χ1) is 9.11. The van der Waals surface area contributed by atoms with Gasteiger partial charge in [-0.2, -0.15) is 0 Å². The maximum atomic E-state index is 12.3. The van der Waals surface area contributed by atoms with Crippen molar-refractivity contribution in [3.05, 3.63) is 23.9 Å². The Labute approximate surface area is 114 Å². The molecule has 5 heteroatoms. The summed E-state index contributed by atoms with van der Waals surface area (Å²) in [5, 5.41) is 3.12. The Balaban J connectivity index is 2.00. The van der Waals surface area contributed by atoms with Crippen LogP contribution in [0.3, 0.4) is 0 Å². The van der Waals surface area contributed by atoms with Gasteiger partial charge in [0.25, 0.3) is 5.91 Å². The molecule has 0 aromatic carbocycles. The summed E-state index contributed by atoms with van der Waals surface area (Å²) in [5.74, 6) is 0.895. The van der Waals surface area contributed by atoms with Gasteiger partial charge < -0.3 is 15.1 Å². The molecule has 0 spiro atoms. The average Bonchev–Trinajstić information content (AvgIpc) is 2.89. The van der Waals surface area contributed by atoms with Crippen molar-refractivity contribution >= 4 is 11.7 Å². The van der Waals surface area contributed by atoms with Gasteiger partial charge in [0.05, 0.1) is 5.56 Å². The normalized spacial score (nSPS) is 18.9. The lowest BCUT2D eigenvalue weighted by molar-refractivity contribution is 0.0782. The van der Waals surface area contributed by atoms with E-state index in [9.17, 15) is 4.79 Å². The third-order valence-corrected chi connectivity index (χ3v) is 3.55. The van der Waals surface area contributed by atoms with Crippen molar-refractivity contribution < 1.29 is 4.79 Å². The first-order valence-corrected chi connectivity index (χ1v) is 6.77. The number of anilines is 1. The number of amides is 1. The minimum Gasteiger partial charge on any atom is -0.370 e. The molecule has 19 heavy (non-hydrogen) atoms. The van der Waals surface area contributed by atoms with Crippen LogP contribution in [-0.4, -0.2) is 60.5 Å². The van der Waals surface area contributed by atoms with Crippen LogP contribution in [0.15, 0.2) is 18.3 Å². The van der Waals surface area contributed by atoms with Gasteiger partial charge in [0.1, 0.15) is 5.82 Å². The predicted octanol–water partition coefficient (Wildman–Crippen LogP) is 1.29. The summed E-state index contributed by atoms with van der Waals surface area (Å²) in [7, 11) is 4.12. The maximum Gasteiger partial charge on any atom is 0.255 e. The first-order valence-electron chi connectivity index (χ1n) is 6.77. The first kappa shape index (κ1) is 13.8. The van der Waals surface area contributed by atoms with Crippen LogP contribution >= 0.6 is 0 Å². The molecule has 1 amide bonds. The van der Waals surface area contributed by atoms with Crippen LogP contribution in [0.25, 0.3) is 0 Å². The zero-order chi connectivity index (χ0) is 13.8. The summed E-state index contributed by atoms with van der Waals surface area (Å²) in [6.07, 6.45) is 2.70. The largest absolute Gasteiger partial charge is 0.370 e. The number of pyridine rings is 1. The van der Waals surface area contributed by atoms with Gasteiger partial charge in [0.2, 0.25) is 0 Å². The molecule has 1 unspecified atom stereocenters. The molecule has 2 rings (SSSR count). The number of carbonyl (C=O) groups is 1. The molecule has 1 aromatic rings. The fraction of sp³-hybridized carbons (Fsp3) is 0.571. The van der Waals surface area contributed by atoms with Crippen LogP contribution in [0, 0.1) is 0 Å². The number of rotatable bonds is 4. The molecule has 1 fully saturated rings. The SMILES string of the molecule is CCNc1ccc(C(=O)N2CCC(N(C)C)C2)cn1. The zero-order valence-electron chi connectivity index (χ0n) is 11.9. The van der Waals surface area contributed by atoms with Crippen LogP contribution in [0.1, 0.15) is 23.7 Å². The standard InChI is InChI=1S/C14H22N4O/c1-4-15-13-6-5-11(9-16-13)14(19)18-8-7-12(10-18)17(2)3/h5-6,9,12H,4,7-8,10H2,1-3H3,(H,15,16). The van der Waals surface area contributed by atoms with E-state index in [0.29, 0.717) is 11.6 Å². The van der Waals surface area contributed by atoms with E-state index in [0.717, 1.165) is 31.9 Å². The molecule has 1 atom stereocenters. The van der Waals surface area contributed by atoms with E-state index in [1.54, 1.807) is 6.20 Å². The predicted molar refractivity (Wildman–Crippen MR) is 76.4 cm³/mol. The van der Waals surface area contributed by atoms with Gasteiger partial charge in [-0.25, -0.2) is 4.98 Å². The Bertz CT molecular complexity index is 430. The molecule has 1 aliphatic rings. The summed E-state index contributed by atoms with van der Waals surface area (Å²) in [5.41, 5.74) is 0.668. The number of hydrogen-bond acceptors (Lipinski definition) is 4. The third-order valence-electron chi connectivity index (χ3n) is 3.55. The highest BCUT2D eigenvalue weighted by Gasteiger charge is 2.28. The molecule has 1 aromatic heterocycles. The lowest BCUT2D eigenvalue weighted by Crippen LogP contribution is -2.34. The van der Waals surface area contributed by atoms with Gasteiger partial charge in [-0.3, -0.25) is 4.79 Å². The zero-order valence-corrected chi connectivity index (χ0v) is 11.9. The third kappa shape index (κ3) is 3.23. The molecule has 0 bridgehead atoms. The molecule has 1 saturated heterocycles. The van der Waals surface area contributed by atoms with Crippen LogP contribution in [0.4, 0.5) is 5.82 Å². The highest BCUT2D eigenvalue weighted by molar-refractivity contribution is 5.94. The van der Waals surface area contributed by atoms with E-state index in [-0.39, 0.29) is 5.91 Å². The summed E-state index contributed by atoms with van der Waals surface area (Å²) >= 11 is 0. The number of carbonyl (C=O) groups excluding carboxylic acids is 1. The van der Waals surface area contributed by atoms with Gasteiger partial charge in [0, 0.05) is 31.9 Å². The number of nitrogens with zero attached hydrogens (tertiary/aromatic N) is 3. The Morgan fingerprint density at radius 1 is 1.53 bits per heavy atom. The molecular formula is C14H22N4O. The lowest BCUT2D eigenvalue weighted by atomic mass is 10.2. The fourth-order valence-corrected chi connectivity index (χ4v) is 2.34. The molecule has 104 valence electrons. The van der Waals surface area contributed by atoms with Gasteiger partial charge in [0.15, 0.2) is 0 Å². The number of aromatic nitrogens is 1. The fourth-order valence-electron chi connectivity index (χ4n) is 2.34. The maximum absolute atomic E-state index is 12.3. The molecule has 1 aliphatic heterocycles. The van der Waals surface area contributed by atoms with Crippen molar-refractivity contribution in [1.82, 2.24) is 14.8 Å². The monoisotopic (exact) mass is 262 g/mol. The summed E-state index contributed by atoms with van der Waals surface area (Å²) in [6.45, 7) is 4.49. The van der Waals surface area contributed by atoms with E-state index in [2.05, 4.69) is 29.3 Å². The van der Waals surface area contributed by atoms with Crippen LogP contribution in [0.5, 0.6) is 0 Å². The molecule has 1 N–H and O–H groups in total. The Kier molecular flexibility index (Phi) is 4.37. The smallest absolute Gasteiger partial charge is 0.255 e. The molecule has 5 nitrogen and oxygen atoms in total. The van der Waals surface area contributed by atoms with Gasteiger partial charge >= 0.3 is 0 Å². The van der Waals surface area contributed by atoms with Crippen molar-refractivity contribution in [2.75, 3.05) is 39.0 Å². The van der Waals surface area contributed by atoms with Crippen molar-refractivity contribution in [1.29, 1.82) is 0 Å². The Morgan fingerprint density at radius 3 is 2.84 bits per heavy atom. The van der Waals surface area contributed by atoms with Crippen molar-refractivity contribution in [3.8, 4) is 0 Å². The van der Waals surface area contributed by atoms with Gasteiger partial charge in [-0.15, -0.1) is 0 Å². The number of likely N-dealkylation sites (N-methyl/N-ethyl adjacent to an activating group) is 1. The molecule has 2 heterocycles. The quantitative estimate of drug-likeness (QED) is 0.888. The van der Waals surface area contributed by atoms with Crippen molar-refractivity contribution in [3.63, 3.8) is 0 Å². The van der Waals surface area contributed by atoms with Crippen molar-refractivity contribution in [2.24, 2.45) is 0 Å². The van der Waals surface area contributed by atoms with Crippen LogP contribution in [0.2, 0.25) is 0 Å². The summed E-state index contributed by atoms with van der Waals surface area (Å²) in [6, 6.07) is 4.17. The van der Waals surface area contributed by atoms with E-state index < -0.39 is 0 Å². The topological polar surface area (TPSA) is 48.5 Å². The van der Waals surface area contributed by atoms with Gasteiger partial charge in [-0.1, -0.05) is 0 Å². The minimum absolute atomic E-state index is 0.0832. The van der Waals surface area contributed by atoms with Crippen LogP contribution in [-0.2, 0) is 0 Å². The second-order valence-electron chi connectivity index (χ2n) is 5.12. The van der Waals surface area contributed by atoms with Crippen molar-refractivity contribution in [2.45, 2.75) is 19.4 Å². The molecule has 0 radical (unpaired) electrons. The average molecular weight is 262 g/mol. The number of nitrogens with one attached hydrogen (secondary N) is 1. The molecule has 0 aliphatic carbocycles. The number of likely N-dealkylation sites (tertiary alicyclic amines) is 1. The summed E-state index contributed by atoms with van der Waals surface area (Å²) in [4.78, 5) is 20.7. The Hall–Kier alpha value is -1.62. The van der Waals surface area contributed by atoms with Crippen LogP contribution < -0.4 is 5.32 Å². The Morgan fingerprint density at radius 2 is 2.32 bits per heavy atom. The van der Waals surface area contributed by atoms with E-state index in [1.165, 1.54) is 0 Å². The highest BCUT2D eigenvalue weighted by Crippen LogP contribution is 2.16.